The molecule has 0 bridgehead atoms. The lowest BCUT2D eigenvalue weighted by Crippen LogP contribution is -2.42. The quantitative estimate of drug-likeness (QED) is 0.788. The maximum absolute atomic E-state index is 12.3. The fourth-order valence-electron chi connectivity index (χ4n) is 4.13. The third-order valence-electron chi connectivity index (χ3n) is 5.84. The highest BCUT2D eigenvalue weighted by atomic mass is 16.4. The van der Waals surface area contributed by atoms with Crippen LogP contribution in [0.3, 0.4) is 0 Å². The number of aliphatic carboxylic acids is 1. The van der Waals surface area contributed by atoms with Gasteiger partial charge in [-0.05, 0) is 37.5 Å². The molecule has 2 aliphatic rings. The standard InChI is InChI=1S/C17H29NO3/c1-2-16(8-6-7-9-16)13-18-14(19)12-17(15(20)21)10-4-3-5-11-17/h2-13H2,1H3,(H,18,19)(H,20,21). The molecule has 4 nitrogen and oxygen atoms in total. The van der Waals surface area contributed by atoms with Crippen molar-refractivity contribution < 1.29 is 14.7 Å². The van der Waals surface area contributed by atoms with Crippen LogP contribution in [-0.4, -0.2) is 23.5 Å². The van der Waals surface area contributed by atoms with Crippen LogP contribution in [0.2, 0.25) is 0 Å². The zero-order valence-corrected chi connectivity index (χ0v) is 13.2. The zero-order valence-electron chi connectivity index (χ0n) is 13.2. The highest BCUT2D eigenvalue weighted by Crippen LogP contribution is 2.41. The number of hydrogen-bond acceptors (Lipinski definition) is 2. The lowest BCUT2D eigenvalue weighted by Gasteiger charge is -2.33. The topological polar surface area (TPSA) is 66.4 Å². The fourth-order valence-corrected chi connectivity index (χ4v) is 4.13. The summed E-state index contributed by atoms with van der Waals surface area (Å²) in [6, 6.07) is 0. The monoisotopic (exact) mass is 295 g/mol. The van der Waals surface area contributed by atoms with E-state index in [9.17, 15) is 14.7 Å². The minimum Gasteiger partial charge on any atom is -0.481 e. The molecule has 21 heavy (non-hydrogen) atoms. The smallest absolute Gasteiger partial charge is 0.310 e. The van der Waals surface area contributed by atoms with E-state index < -0.39 is 11.4 Å². The Bertz CT molecular complexity index is 379. The SMILES string of the molecule is CCC1(CNC(=O)CC2(C(=O)O)CCCCC2)CCCC1. The average Bonchev–Trinajstić information content (AvgIpc) is 2.95. The molecule has 2 rings (SSSR count). The minimum absolute atomic E-state index is 0.0703. The Morgan fingerprint density at radius 2 is 1.57 bits per heavy atom. The molecule has 0 saturated heterocycles. The Balaban J connectivity index is 1.89. The van der Waals surface area contributed by atoms with Crippen molar-refractivity contribution in [1.29, 1.82) is 0 Å². The number of carbonyl (C=O) groups is 2. The number of hydrogen-bond donors (Lipinski definition) is 2. The Labute approximate surface area is 127 Å². The molecule has 120 valence electrons. The first-order valence-electron chi connectivity index (χ1n) is 8.52. The van der Waals surface area contributed by atoms with Gasteiger partial charge in [-0.2, -0.15) is 0 Å². The summed E-state index contributed by atoms with van der Waals surface area (Å²) in [5.41, 5.74) is -0.546. The molecule has 0 aliphatic heterocycles. The Hall–Kier alpha value is -1.06. The van der Waals surface area contributed by atoms with Crippen LogP contribution in [-0.2, 0) is 9.59 Å². The maximum Gasteiger partial charge on any atom is 0.310 e. The van der Waals surface area contributed by atoms with Crippen molar-refractivity contribution in [2.75, 3.05) is 6.54 Å². The third-order valence-corrected chi connectivity index (χ3v) is 5.84. The molecule has 0 radical (unpaired) electrons. The van der Waals surface area contributed by atoms with Gasteiger partial charge < -0.3 is 10.4 Å². The van der Waals surface area contributed by atoms with E-state index >= 15 is 0 Å². The van der Waals surface area contributed by atoms with Gasteiger partial charge in [-0.3, -0.25) is 9.59 Å². The van der Waals surface area contributed by atoms with E-state index in [1.807, 2.05) is 0 Å². The largest absolute Gasteiger partial charge is 0.481 e. The number of amides is 1. The van der Waals surface area contributed by atoms with E-state index in [0.717, 1.165) is 32.2 Å². The van der Waals surface area contributed by atoms with Crippen molar-refractivity contribution in [2.45, 2.75) is 77.6 Å². The van der Waals surface area contributed by atoms with Gasteiger partial charge in [0.25, 0.3) is 0 Å². The summed E-state index contributed by atoms with van der Waals surface area (Å²) in [6.45, 7) is 2.91. The van der Waals surface area contributed by atoms with Crippen molar-refractivity contribution in [2.24, 2.45) is 10.8 Å². The van der Waals surface area contributed by atoms with Crippen LogP contribution in [0.5, 0.6) is 0 Å². The van der Waals surface area contributed by atoms with E-state index in [1.165, 1.54) is 25.7 Å². The number of carbonyl (C=O) groups excluding carboxylic acids is 1. The van der Waals surface area contributed by atoms with Gasteiger partial charge in [0.15, 0.2) is 0 Å². The minimum atomic E-state index is -0.808. The van der Waals surface area contributed by atoms with Crippen molar-refractivity contribution in [3.05, 3.63) is 0 Å². The number of carboxylic acid groups (broad SMARTS) is 1. The predicted molar refractivity (Wildman–Crippen MR) is 82.0 cm³/mol. The van der Waals surface area contributed by atoms with Gasteiger partial charge in [-0.1, -0.05) is 39.0 Å². The number of carboxylic acids is 1. The Morgan fingerprint density at radius 3 is 2.10 bits per heavy atom. The third kappa shape index (κ3) is 3.78. The van der Waals surface area contributed by atoms with Crippen LogP contribution in [0, 0.1) is 10.8 Å². The molecule has 1 amide bonds. The molecular formula is C17H29NO3. The second-order valence-electron chi connectivity index (χ2n) is 7.16. The van der Waals surface area contributed by atoms with E-state index in [2.05, 4.69) is 12.2 Å². The second-order valence-corrected chi connectivity index (χ2v) is 7.16. The molecule has 2 fully saturated rings. The molecule has 2 saturated carbocycles. The molecule has 2 aliphatic carbocycles. The van der Waals surface area contributed by atoms with Crippen LogP contribution >= 0.6 is 0 Å². The van der Waals surface area contributed by atoms with E-state index in [4.69, 9.17) is 0 Å². The first-order chi connectivity index (χ1) is 10.0. The summed E-state index contributed by atoms with van der Waals surface area (Å²) < 4.78 is 0. The molecule has 0 aromatic carbocycles. The van der Waals surface area contributed by atoms with Crippen molar-refractivity contribution in [3.8, 4) is 0 Å². The normalized spacial score (nSPS) is 23.7. The van der Waals surface area contributed by atoms with Gasteiger partial charge >= 0.3 is 5.97 Å². The molecule has 4 heteroatoms. The van der Waals surface area contributed by atoms with Crippen LogP contribution in [0.15, 0.2) is 0 Å². The Morgan fingerprint density at radius 1 is 1.00 bits per heavy atom. The van der Waals surface area contributed by atoms with Gasteiger partial charge in [0.05, 0.1) is 5.41 Å². The van der Waals surface area contributed by atoms with Crippen molar-refractivity contribution in [1.82, 2.24) is 5.32 Å². The lowest BCUT2D eigenvalue weighted by molar-refractivity contribution is -0.154. The summed E-state index contributed by atoms with van der Waals surface area (Å²) in [5, 5.41) is 12.6. The maximum atomic E-state index is 12.3. The molecule has 0 aromatic rings. The molecule has 2 N–H and O–H groups in total. The molecule has 0 atom stereocenters. The van der Waals surface area contributed by atoms with Crippen LogP contribution in [0.25, 0.3) is 0 Å². The first-order valence-corrected chi connectivity index (χ1v) is 8.52. The number of nitrogens with one attached hydrogen (secondary N) is 1. The predicted octanol–water partition coefficient (Wildman–Crippen LogP) is 3.50. The Kier molecular flexibility index (Phi) is 5.28. The summed E-state index contributed by atoms with van der Waals surface area (Å²) in [4.78, 5) is 23.9. The van der Waals surface area contributed by atoms with E-state index in [1.54, 1.807) is 0 Å². The summed E-state index contributed by atoms with van der Waals surface area (Å²) in [6.07, 6.45) is 10.4. The van der Waals surface area contributed by atoms with Gasteiger partial charge in [-0.25, -0.2) is 0 Å². The van der Waals surface area contributed by atoms with Crippen LogP contribution in [0.1, 0.15) is 77.6 Å². The molecule has 0 spiro atoms. The number of rotatable bonds is 6. The van der Waals surface area contributed by atoms with E-state index in [0.29, 0.717) is 12.8 Å². The second kappa shape index (κ2) is 6.80. The van der Waals surface area contributed by atoms with Gasteiger partial charge in [0, 0.05) is 13.0 Å². The highest BCUT2D eigenvalue weighted by molar-refractivity contribution is 5.85. The van der Waals surface area contributed by atoms with Crippen LogP contribution in [0.4, 0.5) is 0 Å². The first kappa shape index (κ1) is 16.3. The van der Waals surface area contributed by atoms with Gasteiger partial charge in [0.2, 0.25) is 5.91 Å². The lowest BCUT2D eigenvalue weighted by atomic mass is 9.71. The van der Waals surface area contributed by atoms with E-state index in [-0.39, 0.29) is 17.7 Å². The zero-order chi connectivity index (χ0) is 15.3. The van der Waals surface area contributed by atoms with Crippen molar-refractivity contribution in [3.63, 3.8) is 0 Å². The highest BCUT2D eigenvalue weighted by Gasteiger charge is 2.42. The summed E-state index contributed by atoms with van der Waals surface area (Å²) >= 11 is 0. The molecule has 0 heterocycles. The summed E-state index contributed by atoms with van der Waals surface area (Å²) in [5.74, 6) is -0.859. The molecule has 0 aromatic heterocycles. The molecular weight excluding hydrogens is 266 g/mol. The summed E-state index contributed by atoms with van der Waals surface area (Å²) in [7, 11) is 0. The van der Waals surface area contributed by atoms with Gasteiger partial charge in [0.1, 0.15) is 0 Å². The average molecular weight is 295 g/mol. The molecule has 0 unspecified atom stereocenters. The fraction of sp³-hybridized carbons (Fsp3) is 0.882. The van der Waals surface area contributed by atoms with Gasteiger partial charge in [-0.15, -0.1) is 0 Å². The van der Waals surface area contributed by atoms with Crippen LogP contribution < -0.4 is 5.32 Å². The van der Waals surface area contributed by atoms with Crippen molar-refractivity contribution >= 4 is 11.9 Å².